The van der Waals surface area contributed by atoms with Crippen LogP contribution in [0.2, 0.25) is 0 Å². The number of aromatic nitrogens is 1. The number of likely N-dealkylation sites (tertiary alicyclic amines) is 1. The highest BCUT2D eigenvalue weighted by Crippen LogP contribution is 2.61. The zero-order valence-electron chi connectivity index (χ0n) is 25.4. The lowest BCUT2D eigenvalue weighted by Crippen LogP contribution is -2.60. The van der Waals surface area contributed by atoms with Gasteiger partial charge in [0.1, 0.15) is 12.1 Å². The van der Waals surface area contributed by atoms with Crippen molar-refractivity contribution in [2.75, 3.05) is 6.54 Å². The molecule has 1 saturated heterocycles. The Balaban J connectivity index is 1.22. The summed E-state index contributed by atoms with van der Waals surface area (Å²) < 4.78 is 0. The first kappa shape index (κ1) is 31.1. The van der Waals surface area contributed by atoms with Gasteiger partial charge in [-0.2, -0.15) is 0 Å². The number of amides is 3. The fourth-order valence-electron chi connectivity index (χ4n) is 6.94. The molecule has 10 nitrogen and oxygen atoms in total. The lowest BCUT2D eigenvalue weighted by atomic mass is 9.48. The Morgan fingerprint density at radius 2 is 1.65 bits per heavy atom. The van der Waals surface area contributed by atoms with Crippen molar-refractivity contribution in [3.05, 3.63) is 41.0 Å². The Morgan fingerprint density at radius 1 is 1.02 bits per heavy atom. The molecule has 0 radical (unpaired) electrons. The molecule has 4 N–H and O–H groups in total. The third kappa shape index (κ3) is 6.33. The molecule has 1 aromatic heterocycles. The number of benzene rings is 1. The predicted molar refractivity (Wildman–Crippen MR) is 162 cm³/mol. The molecule has 3 fully saturated rings. The number of aryl methyl sites for hydroxylation is 1. The molecule has 2 saturated carbocycles. The summed E-state index contributed by atoms with van der Waals surface area (Å²) in [7, 11) is 0. The average molecular weight is 611 g/mol. The summed E-state index contributed by atoms with van der Waals surface area (Å²) in [6.45, 7) is 9.46. The number of carboxylic acid groups (broad SMARTS) is 1. The zero-order valence-corrected chi connectivity index (χ0v) is 26.2. The molecule has 2 aliphatic carbocycles. The number of hydrogen-bond acceptors (Lipinski definition) is 7. The molecule has 2 aromatic rings. The minimum absolute atomic E-state index is 0.0137. The number of β-amino-alcohol motifs (C(OH)–C–C–N with tert-alkyl or cyclic N) is 1. The topological polar surface area (TPSA) is 149 Å². The van der Waals surface area contributed by atoms with Gasteiger partial charge in [-0.05, 0) is 61.5 Å². The van der Waals surface area contributed by atoms with Gasteiger partial charge in [-0.15, -0.1) is 11.3 Å². The summed E-state index contributed by atoms with van der Waals surface area (Å²) in [5.41, 5.74) is 4.05. The number of thiazole rings is 1. The van der Waals surface area contributed by atoms with Crippen molar-refractivity contribution >= 4 is 35.0 Å². The van der Waals surface area contributed by atoms with Gasteiger partial charge in [-0.1, -0.05) is 45.0 Å². The van der Waals surface area contributed by atoms with E-state index in [2.05, 4.69) is 15.6 Å². The first-order valence-electron chi connectivity index (χ1n) is 15.0. The summed E-state index contributed by atoms with van der Waals surface area (Å²) in [6, 6.07) is 5.87. The molecule has 43 heavy (non-hydrogen) atoms. The van der Waals surface area contributed by atoms with Crippen LogP contribution in [0, 0.1) is 29.6 Å². The Labute approximate surface area is 256 Å². The maximum atomic E-state index is 13.9. The Kier molecular flexibility index (Phi) is 8.43. The molecule has 3 amide bonds. The molecule has 2 heterocycles. The molecule has 0 bridgehead atoms. The maximum Gasteiger partial charge on any atom is 0.306 e. The van der Waals surface area contributed by atoms with Gasteiger partial charge in [0.2, 0.25) is 17.7 Å². The number of nitrogens with one attached hydrogen (secondary N) is 2. The number of rotatable bonds is 8. The molecule has 3 aliphatic rings. The molecule has 11 heteroatoms. The fraction of sp³-hybridized carbons (Fsp3) is 0.594. The Morgan fingerprint density at radius 3 is 2.21 bits per heavy atom. The summed E-state index contributed by atoms with van der Waals surface area (Å²) in [6.07, 6.45) is 1.73. The van der Waals surface area contributed by atoms with Crippen LogP contribution in [0.25, 0.3) is 10.4 Å². The highest BCUT2D eigenvalue weighted by molar-refractivity contribution is 7.13. The van der Waals surface area contributed by atoms with Crippen LogP contribution in [-0.2, 0) is 19.2 Å². The quantitative estimate of drug-likeness (QED) is 0.356. The molecule has 1 aromatic carbocycles. The Hall–Kier alpha value is -3.31. The van der Waals surface area contributed by atoms with Crippen LogP contribution in [0.4, 0.5) is 0 Å². The minimum atomic E-state index is -0.884. The molecule has 1 aliphatic heterocycles. The smallest absolute Gasteiger partial charge is 0.306 e. The molecule has 4 atom stereocenters. The molecular weight excluding hydrogens is 568 g/mol. The number of carbonyl (C=O) groups excluding carboxylic acids is 3. The first-order chi connectivity index (χ1) is 20.2. The van der Waals surface area contributed by atoms with Crippen LogP contribution in [0.15, 0.2) is 29.8 Å². The van der Waals surface area contributed by atoms with E-state index in [-0.39, 0.29) is 48.1 Å². The van der Waals surface area contributed by atoms with Gasteiger partial charge in [0, 0.05) is 18.9 Å². The van der Waals surface area contributed by atoms with Crippen molar-refractivity contribution in [3.8, 4) is 10.4 Å². The van der Waals surface area contributed by atoms with Gasteiger partial charge < -0.3 is 25.7 Å². The van der Waals surface area contributed by atoms with Crippen molar-refractivity contribution in [1.82, 2.24) is 20.5 Å². The first-order valence-corrected chi connectivity index (χ1v) is 15.9. The standard InChI is InChI=1S/C32H42N4O6S/c1-17(19-6-8-20(9-7-19)25-18(2)33-16-43-25)34-28(39)24-10-23(37)15-36(24)29(40)26(31(3,4)5)35-27(38)21-11-32(12-21)13-22(14-32)30(41)42/h6-9,16-17,21-24,26,37H,10-15H2,1-5H3,(H,34,39)(H,35,38)(H,41,42)/t17-,21?,22?,23+,24-,26?,32?/m0/s1. The van der Waals surface area contributed by atoms with Gasteiger partial charge in [-0.3, -0.25) is 19.2 Å². The van der Waals surface area contributed by atoms with E-state index in [0.29, 0.717) is 25.7 Å². The second kappa shape index (κ2) is 11.6. The van der Waals surface area contributed by atoms with Gasteiger partial charge >= 0.3 is 5.97 Å². The van der Waals surface area contributed by atoms with E-state index in [4.69, 9.17) is 0 Å². The van der Waals surface area contributed by atoms with E-state index in [0.717, 1.165) is 21.7 Å². The van der Waals surface area contributed by atoms with E-state index in [1.807, 2.05) is 64.4 Å². The summed E-state index contributed by atoms with van der Waals surface area (Å²) in [5.74, 6) is -2.33. The fourth-order valence-corrected chi connectivity index (χ4v) is 7.75. The van der Waals surface area contributed by atoms with E-state index in [9.17, 15) is 29.4 Å². The van der Waals surface area contributed by atoms with Crippen LogP contribution in [0.5, 0.6) is 0 Å². The number of hydrogen-bond donors (Lipinski definition) is 4. The highest BCUT2D eigenvalue weighted by atomic mass is 32.1. The number of aliphatic hydroxyl groups is 1. The number of aliphatic carboxylic acids is 1. The predicted octanol–water partition coefficient (Wildman–Crippen LogP) is 3.68. The number of carbonyl (C=O) groups is 4. The van der Waals surface area contributed by atoms with E-state index >= 15 is 0 Å². The molecular formula is C32H42N4O6S. The van der Waals surface area contributed by atoms with Crippen molar-refractivity contribution < 1.29 is 29.4 Å². The van der Waals surface area contributed by atoms with E-state index in [1.165, 1.54) is 4.90 Å². The van der Waals surface area contributed by atoms with Crippen molar-refractivity contribution in [2.45, 2.75) is 91.0 Å². The summed E-state index contributed by atoms with van der Waals surface area (Å²) in [4.78, 5) is 58.6. The van der Waals surface area contributed by atoms with Crippen LogP contribution >= 0.6 is 11.3 Å². The normalized spacial score (nSPS) is 28.0. The molecule has 232 valence electrons. The van der Waals surface area contributed by atoms with Crippen molar-refractivity contribution in [2.24, 2.45) is 22.7 Å². The monoisotopic (exact) mass is 610 g/mol. The lowest BCUT2D eigenvalue weighted by Gasteiger charge is -2.56. The van der Waals surface area contributed by atoms with Crippen LogP contribution in [0.3, 0.4) is 0 Å². The van der Waals surface area contributed by atoms with Gasteiger partial charge in [0.15, 0.2) is 0 Å². The van der Waals surface area contributed by atoms with Crippen molar-refractivity contribution in [3.63, 3.8) is 0 Å². The third-order valence-electron chi connectivity index (χ3n) is 9.48. The summed E-state index contributed by atoms with van der Waals surface area (Å²) in [5, 5.41) is 25.7. The maximum absolute atomic E-state index is 13.9. The van der Waals surface area contributed by atoms with Crippen LogP contribution in [0.1, 0.15) is 77.1 Å². The molecule has 1 unspecified atom stereocenters. The molecule has 5 rings (SSSR count). The SMILES string of the molecule is Cc1ncsc1-c1ccc([C@H](C)NC(=O)[C@@H]2C[C@@H](O)CN2C(=O)C(NC(=O)C2CC3(CC(C(=O)O)C3)C2)C(C)(C)C)cc1. The average Bonchev–Trinajstić information content (AvgIpc) is 3.49. The van der Waals surface area contributed by atoms with Crippen LogP contribution in [-0.4, -0.2) is 68.5 Å². The van der Waals surface area contributed by atoms with Gasteiger partial charge in [0.05, 0.1) is 34.1 Å². The van der Waals surface area contributed by atoms with Gasteiger partial charge in [-0.25, -0.2) is 4.98 Å². The lowest BCUT2D eigenvalue weighted by molar-refractivity contribution is -0.162. The molecule has 1 spiro atoms. The van der Waals surface area contributed by atoms with Crippen LogP contribution < -0.4 is 10.6 Å². The zero-order chi connectivity index (χ0) is 31.3. The van der Waals surface area contributed by atoms with E-state index in [1.54, 1.807) is 11.3 Å². The van der Waals surface area contributed by atoms with E-state index < -0.39 is 35.5 Å². The highest BCUT2D eigenvalue weighted by Gasteiger charge is 2.57. The van der Waals surface area contributed by atoms with Gasteiger partial charge in [0.25, 0.3) is 0 Å². The number of aliphatic hydroxyl groups excluding tert-OH is 1. The minimum Gasteiger partial charge on any atom is -0.481 e. The van der Waals surface area contributed by atoms with Crippen molar-refractivity contribution in [1.29, 1.82) is 0 Å². The Bertz CT molecular complexity index is 1390. The second-order valence-corrected chi connectivity index (χ2v) is 14.7. The number of nitrogens with zero attached hydrogens (tertiary/aromatic N) is 2. The summed E-state index contributed by atoms with van der Waals surface area (Å²) >= 11 is 1.58. The number of carboxylic acids is 1. The largest absolute Gasteiger partial charge is 0.481 e. The third-order valence-corrected chi connectivity index (χ3v) is 10.5. The second-order valence-electron chi connectivity index (χ2n) is 13.9.